The Labute approximate surface area is 202 Å². The average molecular weight is 477 g/mol. The minimum absolute atomic E-state index is 0.212. The van der Waals surface area contributed by atoms with Gasteiger partial charge in [0, 0.05) is 48.2 Å². The fraction of sp³-hybridized carbons (Fsp3) is 0.231. The quantitative estimate of drug-likeness (QED) is 0.402. The van der Waals surface area contributed by atoms with Crippen LogP contribution in [0.15, 0.2) is 71.7 Å². The molecule has 5 rings (SSSR count). The summed E-state index contributed by atoms with van der Waals surface area (Å²) in [7, 11) is 0. The van der Waals surface area contributed by atoms with Gasteiger partial charge in [-0.15, -0.1) is 0 Å². The zero-order valence-electron chi connectivity index (χ0n) is 18.6. The van der Waals surface area contributed by atoms with Crippen molar-refractivity contribution < 1.29 is 9.47 Å². The molecule has 0 radical (unpaired) electrons. The molecule has 0 atom stereocenters. The molecule has 1 aliphatic heterocycles. The summed E-state index contributed by atoms with van der Waals surface area (Å²) in [4.78, 5) is 22.5. The number of pyridine rings is 2. The third-order valence-corrected chi connectivity index (χ3v) is 6.11. The molecule has 34 heavy (non-hydrogen) atoms. The Hall–Kier alpha value is -3.39. The fourth-order valence-electron chi connectivity index (χ4n) is 4.03. The Bertz CT molecular complexity index is 1350. The number of H-pyrrole nitrogens is 1. The second-order valence-electron chi connectivity index (χ2n) is 8.06. The van der Waals surface area contributed by atoms with Crippen molar-refractivity contribution >= 4 is 33.9 Å². The van der Waals surface area contributed by atoms with Gasteiger partial charge in [-0.2, -0.15) is 0 Å². The van der Waals surface area contributed by atoms with Crippen molar-refractivity contribution in [3.8, 4) is 17.0 Å². The molecule has 1 fully saturated rings. The van der Waals surface area contributed by atoms with E-state index in [1.165, 1.54) is 0 Å². The lowest BCUT2D eigenvalue weighted by atomic mass is 10.1. The van der Waals surface area contributed by atoms with Crippen molar-refractivity contribution in [1.29, 1.82) is 0 Å². The molecule has 2 N–H and O–H groups in total. The van der Waals surface area contributed by atoms with Crippen LogP contribution >= 0.6 is 11.6 Å². The van der Waals surface area contributed by atoms with Gasteiger partial charge in [-0.25, -0.2) is 4.98 Å². The third kappa shape index (κ3) is 5.07. The summed E-state index contributed by atoms with van der Waals surface area (Å²) in [6.45, 7) is 4.84. The minimum atomic E-state index is -0.212. The van der Waals surface area contributed by atoms with E-state index in [9.17, 15) is 4.79 Å². The van der Waals surface area contributed by atoms with Gasteiger partial charge < -0.3 is 19.8 Å². The molecule has 2 aromatic heterocycles. The van der Waals surface area contributed by atoms with Crippen molar-refractivity contribution in [2.75, 3.05) is 44.8 Å². The maximum absolute atomic E-state index is 12.7. The van der Waals surface area contributed by atoms with Crippen molar-refractivity contribution in [3.63, 3.8) is 0 Å². The van der Waals surface area contributed by atoms with Gasteiger partial charge >= 0.3 is 0 Å². The highest BCUT2D eigenvalue weighted by Gasteiger charge is 2.14. The van der Waals surface area contributed by atoms with Crippen molar-refractivity contribution in [1.82, 2.24) is 14.9 Å². The standard InChI is InChI=1S/C26H25ClN4O3/c27-22-7-2-1-6-21(22)23-16-18-8-9-28-26(32)24(18)25(30-23)29-19-4-3-5-20(17-19)34-15-12-31-10-13-33-14-11-31/h1-9,16-17H,10-15H2,(H,28,32)(H,29,30). The molecule has 1 aliphatic rings. The van der Waals surface area contributed by atoms with Gasteiger partial charge in [0.2, 0.25) is 0 Å². The Morgan fingerprint density at radius 2 is 1.94 bits per heavy atom. The van der Waals surface area contributed by atoms with Crippen LogP contribution in [-0.2, 0) is 4.74 Å². The van der Waals surface area contributed by atoms with Crippen LogP contribution in [0.4, 0.5) is 11.5 Å². The molecule has 8 heteroatoms. The van der Waals surface area contributed by atoms with E-state index in [1.54, 1.807) is 6.20 Å². The summed E-state index contributed by atoms with van der Waals surface area (Å²) >= 11 is 6.42. The van der Waals surface area contributed by atoms with E-state index in [0.29, 0.717) is 28.5 Å². The van der Waals surface area contributed by atoms with Gasteiger partial charge in [0.25, 0.3) is 5.56 Å². The lowest BCUT2D eigenvalue weighted by molar-refractivity contribution is 0.0322. The van der Waals surface area contributed by atoms with Crippen LogP contribution in [-0.4, -0.2) is 54.3 Å². The summed E-state index contributed by atoms with van der Waals surface area (Å²) in [6, 6.07) is 18.9. The van der Waals surface area contributed by atoms with E-state index >= 15 is 0 Å². The van der Waals surface area contributed by atoms with Crippen LogP contribution in [0, 0.1) is 0 Å². The molecule has 7 nitrogen and oxygen atoms in total. The van der Waals surface area contributed by atoms with Crippen LogP contribution in [0.25, 0.3) is 22.0 Å². The Balaban J connectivity index is 1.41. The zero-order valence-corrected chi connectivity index (χ0v) is 19.3. The number of hydrogen-bond acceptors (Lipinski definition) is 6. The monoisotopic (exact) mass is 476 g/mol. The number of nitrogens with one attached hydrogen (secondary N) is 2. The second kappa shape index (κ2) is 10.3. The predicted octanol–water partition coefficient (Wildman–Crippen LogP) is 4.70. The van der Waals surface area contributed by atoms with Gasteiger partial charge in [-0.1, -0.05) is 35.9 Å². The molecule has 0 amide bonds. The number of rotatable bonds is 7. The first kappa shape index (κ1) is 22.4. The topological polar surface area (TPSA) is 79.5 Å². The lowest BCUT2D eigenvalue weighted by Gasteiger charge is -2.26. The molecule has 2 aromatic carbocycles. The van der Waals surface area contributed by atoms with Gasteiger partial charge in [-0.3, -0.25) is 9.69 Å². The third-order valence-electron chi connectivity index (χ3n) is 5.78. The summed E-state index contributed by atoms with van der Waals surface area (Å²) in [5, 5.41) is 5.17. The van der Waals surface area contributed by atoms with Crippen molar-refractivity contribution in [2.45, 2.75) is 0 Å². The zero-order chi connectivity index (χ0) is 23.3. The van der Waals surface area contributed by atoms with Gasteiger partial charge in [0.15, 0.2) is 0 Å². The summed E-state index contributed by atoms with van der Waals surface area (Å²) < 4.78 is 11.4. The number of fused-ring (bicyclic) bond motifs is 1. The Morgan fingerprint density at radius 3 is 2.79 bits per heavy atom. The number of morpholine rings is 1. The number of halogens is 1. The molecule has 0 aliphatic carbocycles. The van der Waals surface area contributed by atoms with Crippen LogP contribution in [0.2, 0.25) is 5.02 Å². The number of hydrogen-bond donors (Lipinski definition) is 2. The van der Waals surface area contributed by atoms with Crippen molar-refractivity contribution in [2.24, 2.45) is 0 Å². The largest absolute Gasteiger partial charge is 0.492 e. The fourth-order valence-corrected chi connectivity index (χ4v) is 4.26. The van der Waals surface area contributed by atoms with Gasteiger partial charge in [-0.05, 0) is 35.7 Å². The number of aromatic nitrogens is 2. The Morgan fingerprint density at radius 1 is 1.09 bits per heavy atom. The summed E-state index contributed by atoms with van der Waals surface area (Å²) in [6.07, 6.45) is 1.63. The molecule has 0 spiro atoms. The smallest absolute Gasteiger partial charge is 0.259 e. The molecule has 174 valence electrons. The molecule has 1 saturated heterocycles. The highest BCUT2D eigenvalue weighted by molar-refractivity contribution is 6.33. The van der Waals surface area contributed by atoms with E-state index < -0.39 is 0 Å². The SMILES string of the molecule is O=c1[nH]ccc2cc(-c3ccccc3Cl)nc(Nc3cccc(OCCN4CCOCC4)c3)c12. The maximum atomic E-state index is 12.7. The van der Waals surface area contributed by atoms with Crippen LogP contribution in [0.5, 0.6) is 5.75 Å². The predicted molar refractivity (Wildman–Crippen MR) is 135 cm³/mol. The first-order valence-electron chi connectivity index (χ1n) is 11.2. The van der Waals surface area contributed by atoms with Crippen LogP contribution in [0.3, 0.4) is 0 Å². The second-order valence-corrected chi connectivity index (χ2v) is 8.47. The minimum Gasteiger partial charge on any atom is -0.492 e. The first-order valence-corrected chi connectivity index (χ1v) is 11.6. The van der Waals surface area contributed by atoms with E-state index in [2.05, 4.69) is 15.2 Å². The molecule has 0 bridgehead atoms. The molecular weight excluding hydrogens is 452 g/mol. The average Bonchev–Trinajstić information content (AvgIpc) is 2.85. The highest BCUT2D eigenvalue weighted by Crippen LogP contribution is 2.32. The summed E-state index contributed by atoms with van der Waals surface area (Å²) in [5.74, 6) is 1.21. The highest BCUT2D eigenvalue weighted by atomic mass is 35.5. The number of benzene rings is 2. The van der Waals surface area contributed by atoms with Gasteiger partial charge in [0.05, 0.1) is 24.3 Å². The maximum Gasteiger partial charge on any atom is 0.259 e. The normalized spacial score (nSPS) is 14.3. The summed E-state index contributed by atoms with van der Waals surface area (Å²) in [5.41, 5.74) is 2.05. The van der Waals surface area contributed by atoms with Crippen LogP contribution < -0.4 is 15.6 Å². The lowest BCUT2D eigenvalue weighted by Crippen LogP contribution is -2.38. The van der Waals surface area contributed by atoms with E-state index in [4.69, 9.17) is 26.1 Å². The molecule has 0 saturated carbocycles. The van der Waals surface area contributed by atoms with Crippen molar-refractivity contribution in [3.05, 3.63) is 82.2 Å². The van der Waals surface area contributed by atoms with Gasteiger partial charge in [0.1, 0.15) is 18.2 Å². The number of anilines is 2. The number of nitrogens with zero attached hydrogens (tertiary/aromatic N) is 2. The number of aromatic amines is 1. The molecule has 4 aromatic rings. The molecular formula is C26H25ClN4O3. The van der Waals surface area contributed by atoms with E-state index in [0.717, 1.165) is 55.2 Å². The molecule has 0 unspecified atom stereocenters. The van der Waals surface area contributed by atoms with Crippen LogP contribution in [0.1, 0.15) is 0 Å². The van der Waals surface area contributed by atoms with E-state index in [1.807, 2.05) is 60.7 Å². The molecule has 3 heterocycles. The van der Waals surface area contributed by atoms with E-state index in [-0.39, 0.29) is 5.56 Å². The number of ether oxygens (including phenoxy) is 2. The Kier molecular flexibility index (Phi) is 6.76. The first-order chi connectivity index (χ1) is 16.7.